The number of nitrogens with zero attached hydrogens (tertiary/aromatic N) is 3. The summed E-state index contributed by atoms with van der Waals surface area (Å²) in [5.74, 6) is 0.0117. The molecule has 0 aliphatic heterocycles. The molecule has 1 heterocycles. The molecule has 150 valence electrons. The van der Waals surface area contributed by atoms with Gasteiger partial charge in [-0.1, -0.05) is 6.58 Å². The van der Waals surface area contributed by atoms with Gasteiger partial charge in [0.2, 0.25) is 11.9 Å². The molecular weight excluding hydrogens is 362 g/mol. The Hall–Kier alpha value is -3.20. The average Bonchev–Trinajstić information content (AvgIpc) is 2.65. The third kappa shape index (κ3) is 6.20. The second-order valence-corrected chi connectivity index (χ2v) is 6.07. The molecule has 0 atom stereocenters. The van der Waals surface area contributed by atoms with E-state index >= 15 is 0 Å². The number of likely N-dealkylation sites (N-methyl/N-ethyl adjacent to an activating group) is 1. The van der Waals surface area contributed by atoms with Gasteiger partial charge in [0.05, 0.1) is 31.0 Å². The van der Waals surface area contributed by atoms with E-state index in [9.17, 15) is 9.59 Å². The van der Waals surface area contributed by atoms with Crippen molar-refractivity contribution in [3.63, 3.8) is 0 Å². The maximum absolute atomic E-state index is 11.7. The van der Waals surface area contributed by atoms with E-state index in [1.807, 2.05) is 11.9 Å². The van der Waals surface area contributed by atoms with Gasteiger partial charge in [-0.2, -0.15) is 0 Å². The number of amides is 1. The van der Waals surface area contributed by atoms with Crippen LogP contribution in [-0.2, 0) is 14.3 Å². The van der Waals surface area contributed by atoms with Crippen molar-refractivity contribution in [3.05, 3.63) is 31.0 Å². The molecule has 2 rings (SSSR count). The summed E-state index contributed by atoms with van der Waals surface area (Å²) in [4.78, 5) is 33.2. The lowest BCUT2D eigenvalue weighted by molar-refractivity contribution is -0.144. The number of nitrogens with one attached hydrogen (secondary N) is 1. The van der Waals surface area contributed by atoms with Crippen LogP contribution in [0.5, 0.6) is 5.75 Å². The Morgan fingerprint density at radius 3 is 2.89 bits per heavy atom. The molecular formula is C19H25N5O4. The molecule has 0 saturated carbocycles. The van der Waals surface area contributed by atoms with E-state index < -0.39 is 0 Å². The Bertz CT molecular complexity index is 856. The highest BCUT2D eigenvalue weighted by molar-refractivity contribution is 6.01. The number of fused-ring (bicyclic) bond motifs is 1. The molecule has 0 aliphatic carbocycles. The van der Waals surface area contributed by atoms with E-state index in [-0.39, 0.29) is 24.4 Å². The van der Waals surface area contributed by atoms with Crippen molar-refractivity contribution in [1.82, 2.24) is 14.9 Å². The number of aromatic nitrogens is 2. The first-order valence-corrected chi connectivity index (χ1v) is 8.89. The summed E-state index contributed by atoms with van der Waals surface area (Å²) < 4.78 is 10.8. The third-order valence-electron chi connectivity index (χ3n) is 3.79. The topological polar surface area (TPSA) is 120 Å². The molecule has 1 amide bonds. The fourth-order valence-corrected chi connectivity index (χ4v) is 2.50. The van der Waals surface area contributed by atoms with Crippen LogP contribution in [0.2, 0.25) is 0 Å². The van der Waals surface area contributed by atoms with E-state index in [1.165, 1.54) is 6.08 Å². The van der Waals surface area contributed by atoms with E-state index in [0.29, 0.717) is 43.1 Å². The monoisotopic (exact) mass is 387 g/mol. The number of hydrogen-bond acceptors (Lipinski definition) is 8. The van der Waals surface area contributed by atoms with Crippen LogP contribution in [0.15, 0.2) is 31.0 Å². The number of nitrogens with two attached hydrogens (primary N) is 1. The fourth-order valence-electron chi connectivity index (χ4n) is 2.50. The van der Waals surface area contributed by atoms with Crippen LogP contribution in [-0.4, -0.2) is 60.1 Å². The second-order valence-electron chi connectivity index (χ2n) is 6.07. The van der Waals surface area contributed by atoms with Crippen molar-refractivity contribution >= 4 is 34.4 Å². The molecule has 9 nitrogen and oxygen atoms in total. The number of anilines is 2. The van der Waals surface area contributed by atoms with Crippen LogP contribution in [0.1, 0.15) is 13.3 Å². The lowest BCUT2D eigenvalue weighted by atomic mass is 10.2. The number of benzene rings is 1. The maximum Gasteiger partial charge on any atom is 0.320 e. The van der Waals surface area contributed by atoms with Crippen molar-refractivity contribution in [1.29, 1.82) is 0 Å². The highest BCUT2D eigenvalue weighted by Crippen LogP contribution is 2.30. The standard InChI is InChI=1S/C19H25N5O4/c1-4-17(25)22-15-9-13-11-21-19(20)23-14(13)10-16(15)28-8-6-7-24(3)12-18(26)27-5-2/h4,9-11H,1,5-8,12H2,2-3H3,(H,22,25)(H2,20,21,23). The molecule has 2 aromatic rings. The maximum atomic E-state index is 11.7. The van der Waals surface area contributed by atoms with Crippen LogP contribution < -0.4 is 15.8 Å². The Labute approximate surface area is 163 Å². The predicted molar refractivity (Wildman–Crippen MR) is 107 cm³/mol. The minimum atomic E-state index is -0.352. The van der Waals surface area contributed by atoms with E-state index in [4.69, 9.17) is 15.2 Å². The first-order valence-electron chi connectivity index (χ1n) is 8.89. The van der Waals surface area contributed by atoms with Crippen LogP contribution in [0, 0.1) is 0 Å². The van der Waals surface area contributed by atoms with Gasteiger partial charge in [0, 0.05) is 24.2 Å². The SMILES string of the molecule is C=CC(=O)Nc1cc2cnc(N)nc2cc1OCCCN(C)CC(=O)OCC. The molecule has 3 N–H and O–H groups in total. The molecule has 0 unspecified atom stereocenters. The average molecular weight is 387 g/mol. The van der Waals surface area contributed by atoms with Gasteiger partial charge in [0.15, 0.2) is 0 Å². The van der Waals surface area contributed by atoms with Gasteiger partial charge in [-0.15, -0.1) is 0 Å². The van der Waals surface area contributed by atoms with Crippen molar-refractivity contribution in [2.75, 3.05) is 44.4 Å². The van der Waals surface area contributed by atoms with Crippen LogP contribution in [0.3, 0.4) is 0 Å². The molecule has 9 heteroatoms. The lowest BCUT2D eigenvalue weighted by Crippen LogP contribution is -2.29. The highest BCUT2D eigenvalue weighted by atomic mass is 16.5. The summed E-state index contributed by atoms with van der Waals surface area (Å²) >= 11 is 0. The Morgan fingerprint density at radius 1 is 1.39 bits per heavy atom. The van der Waals surface area contributed by atoms with Crippen molar-refractivity contribution < 1.29 is 19.1 Å². The van der Waals surface area contributed by atoms with Crippen LogP contribution in [0.25, 0.3) is 10.9 Å². The molecule has 0 spiro atoms. The highest BCUT2D eigenvalue weighted by Gasteiger charge is 2.11. The second kappa shape index (κ2) is 10.2. The minimum Gasteiger partial charge on any atom is -0.491 e. The largest absolute Gasteiger partial charge is 0.491 e. The van der Waals surface area contributed by atoms with Gasteiger partial charge in [-0.05, 0) is 32.5 Å². The van der Waals surface area contributed by atoms with Crippen molar-refractivity contribution in [3.8, 4) is 5.75 Å². The lowest BCUT2D eigenvalue weighted by Gasteiger charge is -2.17. The van der Waals surface area contributed by atoms with Crippen LogP contribution >= 0.6 is 0 Å². The van der Waals surface area contributed by atoms with E-state index in [2.05, 4.69) is 21.9 Å². The third-order valence-corrected chi connectivity index (χ3v) is 3.79. The Balaban J connectivity index is 2.03. The molecule has 1 aromatic carbocycles. The number of carbonyl (C=O) groups excluding carboxylic acids is 2. The van der Waals surface area contributed by atoms with Gasteiger partial charge >= 0.3 is 5.97 Å². The summed E-state index contributed by atoms with van der Waals surface area (Å²) in [6, 6.07) is 3.42. The summed E-state index contributed by atoms with van der Waals surface area (Å²) in [7, 11) is 1.84. The van der Waals surface area contributed by atoms with Gasteiger partial charge < -0.3 is 20.5 Å². The van der Waals surface area contributed by atoms with Crippen molar-refractivity contribution in [2.45, 2.75) is 13.3 Å². The minimum absolute atomic E-state index is 0.155. The molecule has 28 heavy (non-hydrogen) atoms. The normalized spacial score (nSPS) is 10.7. The first-order chi connectivity index (χ1) is 13.4. The zero-order chi connectivity index (χ0) is 20.5. The van der Waals surface area contributed by atoms with Gasteiger partial charge in [0.25, 0.3) is 0 Å². The van der Waals surface area contributed by atoms with Gasteiger partial charge in [-0.25, -0.2) is 9.97 Å². The zero-order valence-corrected chi connectivity index (χ0v) is 16.1. The molecule has 0 fully saturated rings. The number of hydrogen-bond donors (Lipinski definition) is 2. The summed E-state index contributed by atoms with van der Waals surface area (Å²) in [6.45, 7) is 6.85. The smallest absolute Gasteiger partial charge is 0.320 e. The number of nitrogen functional groups attached to an aromatic ring is 1. The summed E-state index contributed by atoms with van der Waals surface area (Å²) in [5.41, 5.74) is 6.74. The Kier molecular flexibility index (Phi) is 7.70. The van der Waals surface area contributed by atoms with E-state index in [0.717, 1.165) is 5.39 Å². The quantitative estimate of drug-likeness (QED) is 0.358. The number of esters is 1. The zero-order valence-electron chi connectivity index (χ0n) is 16.1. The van der Waals surface area contributed by atoms with Gasteiger partial charge in [0.1, 0.15) is 5.75 Å². The molecule has 0 bridgehead atoms. The molecule has 0 aliphatic rings. The number of rotatable bonds is 10. The predicted octanol–water partition coefficient (Wildman–Crippen LogP) is 1.60. The molecule has 0 saturated heterocycles. The van der Waals surface area contributed by atoms with E-state index in [1.54, 1.807) is 25.3 Å². The summed E-state index contributed by atoms with van der Waals surface area (Å²) in [5, 5.41) is 3.43. The molecule has 1 aromatic heterocycles. The molecule has 0 radical (unpaired) electrons. The first kappa shape index (κ1) is 21.1. The number of carbonyl (C=O) groups is 2. The Morgan fingerprint density at radius 2 is 2.18 bits per heavy atom. The summed E-state index contributed by atoms with van der Waals surface area (Å²) in [6.07, 6.45) is 3.43. The fraction of sp³-hybridized carbons (Fsp3) is 0.368. The van der Waals surface area contributed by atoms with Crippen molar-refractivity contribution in [2.24, 2.45) is 0 Å². The number of ether oxygens (including phenoxy) is 2. The van der Waals surface area contributed by atoms with Gasteiger partial charge in [-0.3, -0.25) is 14.5 Å². The van der Waals surface area contributed by atoms with Crippen LogP contribution in [0.4, 0.5) is 11.6 Å².